The van der Waals surface area contributed by atoms with Crippen LogP contribution in [0.2, 0.25) is 0 Å². The van der Waals surface area contributed by atoms with E-state index in [1.165, 1.54) is 0 Å². The normalized spacial score (nSPS) is 20.2. The lowest BCUT2D eigenvalue weighted by molar-refractivity contribution is -0.139. The van der Waals surface area contributed by atoms with Gasteiger partial charge in [0.15, 0.2) is 0 Å². The van der Waals surface area contributed by atoms with Crippen LogP contribution in [0.1, 0.15) is 26.2 Å². The first-order valence-corrected chi connectivity index (χ1v) is 6.61. The van der Waals surface area contributed by atoms with Gasteiger partial charge in [0.05, 0.1) is 19.3 Å². The molecule has 1 aliphatic rings. The molecule has 4 N–H and O–H groups in total. The maximum absolute atomic E-state index is 12.1. The van der Waals surface area contributed by atoms with Gasteiger partial charge in [-0.25, -0.2) is 9.59 Å². The largest absolute Gasteiger partial charge is 0.480 e. The summed E-state index contributed by atoms with van der Waals surface area (Å²) in [6.07, 6.45) is 0.627. The molecule has 20 heavy (non-hydrogen) atoms. The van der Waals surface area contributed by atoms with E-state index in [0.717, 1.165) is 6.42 Å². The van der Waals surface area contributed by atoms with Crippen LogP contribution < -0.4 is 11.1 Å². The zero-order chi connectivity index (χ0) is 15.1. The fourth-order valence-corrected chi connectivity index (χ4v) is 2.04. The Morgan fingerprint density at radius 1 is 1.50 bits per heavy atom. The molecule has 1 saturated heterocycles. The van der Waals surface area contributed by atoms with E-state index < -0.39 is 23.9 Å². The number of primary amides is 1. The Balaban J connectivity index is 2.59. The third-order valence-electron chi connectivity index (χ3n) is 3.23. The molecule has 8 nitrogen and oxygen atoms in total. The molecule has 114 valence electrons. The van der Waals surface area contributed by atoms with Gasteiger partial charge in [-0.3, -0.25) is 4.79 Å². The molecule has 0 saturated carbocycles. The number of nitrogens with zero attached hydrogens (tertiary/aromatic N) is 1. The van der Waals surface area contributed by atoms with Crippen molar-refractivity contribution in [2.45, 2.75) is 38.3 Å². The van der Waals surface area contributed by atoms with Gasteiger partial charge in [-0.1, -0.05) is 6.92 Å². The molecule has 1 aliphatic heterocycles. The molecule has 0 aromatic carbocycles. The second-order valence-electron chi connectivity index (χ2n) is 4.68. The van der Waals surface area contributed by atoms with Gasteiger partial charge >= 0.3 is 12.0 Å². The highest BCUT2D eigenvalue weighted by Crippen LogP contribution is 2.11. The van der Waals surface area contributed by atoms with Crippen molar-refractivity contribution in [1.82, 2.24) is 10.2 Å². The van der Waals surface area contributed by atoms with Crippen LogP contribution in [0, 0.1) is 0 Å². The molecule has 0 radical (unpaired) electrons. The quantitative estimate of drug-likeness (QED) is 0.609. The Kier molecular flexibility index (Phi) is 6.23. The lowest BCUT2D eigenvalue weighted by Gasteiger charge is -2.35. The highest BCUT2D eigenvalue weighted by Gasteiger charge is 2.29. The second kappa shape index (κ2) is 7.68. The highest BCUT2D eigenvalue weighted by molar-refractivity contribution is 5.83. The monoisotopic (exact) mass is 287 g/mol. The summed E-state index contributed by atoms with van der Waals surface area (Å²) in [5.74, 6) is -1.77. The lowest BCUT2D eigenvalue weighted by Crippen LogP contribution is -2.55. The zero-order valence-corrected chi connectivity index (χ0v) is 11.5. The van der Waals surface area contributed by atoms with E-state index in [2.05, 4.69) is 5.32 Å². The number of nitrogens with two attached hydrogens (primary N) is 1. The van der Waals surface area contributed by atoms with E-state index in [-0.39, 0.29) is 18.9 Å². The van der Waals surface area contributed by atoms with Crippen molar-refractivity contribution in [3.05, 3.63) is 0 Å². The average Bonchev–Trinajstić information content (AvgIpc) is 2.42. The molecule has 0 aromatic rings. The number of carbonyl (C=O) groups is 3. The fourth-order valence-electron chi connectivity index (χ4n) is 2.04. The maximum atomic E-state index is 12.1. The minimum atomic E-state index is -1.18. The van der Waals surface area contributed by atoms with Crippen molar-refractivity contribution in [3.63, 3.8) is 0 Å². The van der Waals surface area contributed by atoms with Crippen molar-refractivity contribution in [2.24, 2.45) is 5.73 Å². The smallest absolute Gasteiger partial charge is 0.326 e. The van der Waals surface area contributed by atoms with Crippen LogP contribution in [-0.2, 0) is 14.3 Å². The molecular weight excluding hydrogens is 266 g/mol. The summed E-state index contributed by atoms with van der Waals surface area (Å²) in [6, 6.07) is -1.62. The maximum Gasteiger partial charge on any atom is 0.326 e. The van der Waals surface area contributed by atoms with E-state index in [9.17, 15) is 14.4 Å². The van der Waals surface area contributed by atoms with E-state index >= 15 is 0 Å². The summed E-state index contributed by atoms with van der Waals surface area (Å²) in [5, 5.41) is 11.5. The SMILES string of the molecule is CCC1COCCN1C(=O)N[C@H](CCC(N)=O)C(=O)O. The third kappa shape index (κ3) is 4.69. The van der Waals surface area contributed by atoms with Gasteiger partial charge in [-0.05, 0) is 12.8 Å². The van der Waals surface area contributed by atoms with Crippen LogP contribution in [0.4, 0.5) is 4.79 Å². The molecule has 0 aliphatic carbocycles. The van der Waals surface area contributed by atoms with Crippen LogP contribution in [0.5, 0.6) is 0 Å². The Labute approximate surface area is 117 Å². The molecule has 1 rings (SSSR count). The standard InChI is InChI=1S/C12H21N3O5/c1-2-8-7-20-6-5-15(8)12(19)14-9(11(17)18)3-4-10(13)16/h8-9H,2-7H2,1H3,(H2,13,16)(H,14,19)(H,17,18)/t8?,9-/m1/s1. The number of nitrogens with one attached hydrogen (secondary N) is 1. The van der Waals surface area contributed by atoms with Crippen molar-refractivity contribution < 1.29 is 24.2 Å². The Morgan fingerprint density at radius 2 is 2.20 bits per heavy atom. The van der Waals surface area contributed by atoms with Gasteiger partial charge in [0, 0.05) is 13.0 Å². The number of amides is 3. The van der Waals surface area contributed by atoms with Crippen LogP contribution in [-0.4, -0.2) is 59.8 Å². The first kappa shape index (κ1) is 16.2. The van der Waals surface area contributed by atoms with Crippen LogP contribution >= 0.6 is 0 Å². The summed E-state index contributed by atoms with van der Waals surface area (Å²) in [4.78, 5) is 35.5. The first-order chi connectivity index (χ1) is 9.45. The first-order valence-electron chi connectivity index (χ1n) is 6.61. The summed E-state index contributed by atoms with van der Waals surface area (Å²) in [6.45, 7) is 3.24. The van der Waals surface area contributed by atoms with Gasteiger partial charge < -0.3 is 25.8 Å². The van der Waals surface area contributed by atoms with E-state index in [0.29, 0.717) is 19.8 Å². The number of hydrogen-bond acceptors (Lipinski definition) is 4. The van der Waals surface area contributed by atoms with Gasteiger partial charge in [0.2, 0.25) is 5.91 Å². The highest BCUT2D eigenvalue weighted by atomic mass is 16.5. The van der Waals surface area contributed by atoms with E-state index in [1.54, 1.807) is 4.90 Å². The van der Waals surface area contributed by atoms with Crippen LogP contribution in [0.25, 0.3) is 0 Å². The van der Waals surface area contributed by atoms with E-state index in [1.807, 2.05) is 6.92 Å². The molecule has 0 aromatic heterocycles. The average molecular weight is 287 g/mol. The topological polar surface area (TPSA) is 122 Å². The number of ether oxygens (including phenoxy) is 1. The van der Waals surface area contributed by atoms with Gasteiger partial charge in [0.25, 0.3) is 0 Å². The zero-order valence-electron chi connectivity index (χ0n) is 11.5. The Bertz CT molecular complexity index is 374. The number of morpholine rings is 1. The number of carboxylic acid groups (broad SMARTS) is 1. The molecule has 1 unspecified atom stereocenters. The van der Waals surface area contributed by atoms with E-state index in [4.69, 9.17) is 15.6 Å². The Morgan fingerprint density at radius 3 is 2.75 bits per heavy atom. The predicted octanol–water partition coefficient (Wildman–Crippen LogP) is -0.474. The number of aliphatic carboxylic acids is 1. The minimum Gasteiger partial charge on any atom is -0.480 e. The molecule has 1 fully saturated rings. The third-order valence-corrected chi connectivity index (χ3v) is 3.23. The van der Waals surface area contributed by atoms with Gasteiger partial charge in [-0.2, -0.15) is 0 Å². The van der Waals surface area contributed by atoms with Crippen LogP contribution in [0.15, 0.2) is 0 Å². The fraction of sp³-hybridized carbons (Fsp3) is 0.750. The van der Waals surface area contributed by atoms with Gasteiger partial charge in [0.1, 0.15) is 6.04 Å². The van der Waals surface area contributed by atoms with Crippen molar-refractivity contribution in [2.75, 3.05) is 19.8 Å². The van der Waals surface area contributed by atoms with Crippen molar-refractivity contribution in [1.29, 1.82) is 0 Å². The number of carbonyl (C=O) groups excluding carboxylic acids is 2. The summed E-state index contributed by atoms with van der Waals surface area (Å²) in [5.41, 5.74) is 4.99. The second-order valence-corrected chi connectivity index (χ2v) is 4.68. The molecule has 1 heterocycles. The number of urea groups is 1. The summed E-state index contributed by atoms with van der Waals surface area (Å²) < 4.78 is 5.29. The molecular formula is C12H21N3O5. The molecule has 3 amide bonds. The molecule has 0 spiro atoms. The lowest BCUT2D eigenvalue weighted by atomic mass is 10.1. The summed E-state index contributed by atoms with van der Waals surface area (Å²) >= 11 is 0. The number of carboxylic acids is 1. The summed E-state index contributed by atoms with van der Waals surface area (Å²) in [7, 11) is 0. The molecule has 0 bridgehead atoms. The molecule has 2 atom stereocenters. The van der Waals surface area contributed by atoms with Crippen molar-refractivity contribution >= 4 is 17.9 Å². The predicted molar refractivity (Wildman–Crippen MR) is 70.0 cm³/mol. The van der Waals surface area contributed by atoms with Crippen molar-refractivity contribution in [3.8, 4) is 0 Å². The number of hydrogen-bond donors (Lipinski definition) is 3. The van der Waals surface area contributed by atoms with Gasteiger partial charge in [-0.15, -0.1) is 0 Å². The number of rotatable bonds is 6. The molecule has 8 heteroatoms. The Hall–Kier alpha value is -1.83. The minimum absolute atomic E-state index is 0.0163. The van der Waals surface area contributed by atoms with Crippen LogP contribution in [0.3, 0.4) is 0 Å².